The van der Waals surface area contributed by atoms with Crippen molar-refractivity contribution in [2.45, 2.75) is 13.8 Å². The van der Waals surface area contributed by atoms with E-state index in [1.165, 1.54) is 0 Å². The number of rotatable bonds is 2. The van der Waals surface area contributed by atoms with Crippen molar-refractivity contribution in [3.8, 4) is 0 Å². The molecule has 0 bridgehead atoms. The molecule has 0 unspecified atom stereocenters. The Bertz CT molecular complexity index is 15.0. The van der Waals surface area contributed by atoms with Crippen molar-refractivity contribution in [2.75, 3.05) is 13.2 Å². The van der Waals surface area contributed by atoms with Gasteiger partial charge in [0.2, 0.25) is 0 Å². The van der Waals surface area contributed by atoms with Crippen LogP contribution in [0.3, 0.4) is 0 Å². The summed E-state index contributed by atoms with van der Waals surface area (Å²) in [4.78, 5) is 0. The summed E-state index contributed by atoms with van der Waals surface area (Å²) in [6.07, 6.45) is 0. The zero-order valence-corrected chi connectivity index (χ0v) is 4.88. The van der Waals surface area contributed by atoms with Crippen molar-refractivity contribution in [1.82, 2.24) is 0 Å². The average Bonchev–Trinajstić information content (AvgIpc) is 1.41. The largest absolute Gasteiger partial charge is 0.382 e. The Hall–Kier alpha value is 1.22. The second-order valence-corrected chi connectivity index (χ2v) is 0.781. The summed E-state index contributed by atoms with van der Waals surface area (Å²) in [5.41, 5.74) is 0. The van der Waals surface area contributed by atoms with Crippen LogP contribution in [0.25, 0.3) is 0 Å². The molecule has 0 aromatic rings. The molecule has 0 fully saturated rings. The fraction of sp³-hybridized carbons (Fsp3) is 1.00. The van der Waals surface area contributed by atoms with E-state index in [0.29, 0.717) is 0 Å². The minimum absolute atomic E-state index is 0. The van der Waals surface area contributed by atoms with Crippen LogP contribution in [0.4, 0.5) is 0 Å². The third kappa shape index (κ3) is 8.97. The maximum Gasteiger partial charge on any atom is 0.0437 e. The summed E-state index contributed by atoms with van der Waals surface area (Å²) in [7, 11) is 0. The molecule has 0 aromatic heterocycles. The zero-order valence-electron chi connectivity index (χ0n) is 4.18. The van der Waals surface area contributed by atoms with Gasteiger partial charge < -0.3 is 4.74 Å². The molecule has 0 heterocycles. The van der Waals surface area contributed by atoms with Gasteiger partial charge in [-0.05, 0) is 13.8 Å². The average molecular weight is 114 g/mol. The van der Waals surface area contributed by atoms with Crippen molar-refractivity contribution >= 4 is 0 Å². The Morgan fingerprint density at radius 2 is 1.50 bits per heavy atom. The minimum Gasteiger partial charge on any atom is -0.382 e. The molecular formula is C4H10ArO. The SMILES string of the molecule is CCOCC.[Ar]. The van der Waals surface area contributed by atoms with Crippen LogP contribution in [-0.2, 0) is 4.74 Å². The van der Waals surface area contributed by atoms with Crippen molar-refractivity contribution < 1.29 is 42.5 Å². The van der Waals surface area contributed by atoms with E-state index in [-0.39, 0.29) is 37.7 Å². The molecule has 0 aromatic carbocycles. The van der Waals surface area contributed by atoms with Gasteiger partial charge in [0.15, 0.2) is 0 Å². The Morgan fingerprint density at radius 1 is 1.17 bits per heavy atom. The third-order valence-electron chi connectivity index (χ3n) is 0.408. The van der Waals surface area contributed by atoms with Crippen LogP contribution in [0.5, 0.6) is 0 Å². The topological polar surface area (TPSA) is 9.23 Å². The van der Waals surface area contributed by atoms with Crippen LogP contribution in [0.2, 0.25) is 0 Å². The molecule has 40 valence electrons. The van der Waals surface area contributed by atoms with E-state index >= 15 is 0 Å². The van der Waals surface area contributed by atoms with E-state index < -0.39 is 0 Å². The quantitative estimate of drug-likeness (QED) is 0.521. The van der Waals surface area contributed by atoms with Gasteiger partial charge in [-0.1, -0.05) is 0 Å². The molecule has 0 spiro atoms. The van der Waals surface area contributed by atoms with Crippen LogP contribution >= 0.6 is 0 Å². The van der Waals surface area contributed by atoms with Gasteiger partial charge in [0, 0.05) is 51.0 Å². The van der Waals surface area contributed by atoms with Gasteiger partial charge in [-0.2, -0.15) is 0 Å². The van der Waals surface area contributed by atoms with Crippen LogP contribution in [0.15, 0.2) is 0 Å². The first-order valence-corrected chi connectivity index (χ1v) is 1.99. The molecule has 0 aliphatic carbocycles. The fourth-order valence-corrected chi connectivity index (χ4v) is 0.204. The Labute approximate surface area is 69.1 Å². The zero-order chi connectivity index (χ0) is 4.12. The van der Waals surface area contributed by atoms with Gasteiger partial charge in [-0.3, -0.25) is 0 Å². The molecule has 6 heavy (non-hydrogen) atoms. The molecule has 0 radical (unpaired) electrons. The van der Waals surface area contributed by atoms with Crippen molar-refractivity contribution in [2.24, 2.45) is 0 Å². The summed E-state index contributed by atoms with van der Waals surface area (Å²) in [5, 5.41) is 0. The fourth-order valence-electron chi connectivity index (χ4n) is 0.204. The van der Waals surface area contributed by atoms with Gasteiger partial charge in [0.1, 0.15) is 0 Å². The van der Waals surface area contributed by atoms with Gasteiger partial charge in [0.25, 0.3) is 0 Å². The predicted molar refractivity (Wildman–Crippen MR) is 22.2 cm³/mol. The third-order valence-corrected chi connectivity index (χ3v) is 0.408. The van der Waals surface area contributed by atoms with Crippen LogP contribution in [0, 0.1) is 37.7 Å². The van der Waals surface area contributed by atoms with Crippen LogP contribution in [-0.4, -0.2) is 13.2 Å². The Kier molecular flexibility index (Phi) is 16.3. The first-order chi connectivity index (χ1) is 2.41. The minimum atomic E-state index is 0. The van der Waals surface area contributed by atoms with Gasteiger partial charge in [0.05, 0.1) is 0 Å². The smallest absolute Gasteiger partial charge is 0.0437 e. The maximum absolute atomic E-state index is 4.83. The molecule has 0 aliphatic heterocycles. The molecule has 0 aliphatic rings. The molecule has 0 rings (SSSR count). The first kappa shape index (κ1) is 10.3. The second-order valence-electron chi connectivity index (χ2n) is 0.781. The summed E-state index contributed by atoms with van der Waals surface area (Å²) in [6, 6.07) is 0. The molecule has 0 amide bonds. The van der Waals surface area contributed by atoms with Gasteiger partial charge in [-0.15, -0.1) is 0 Å². The summed E-state index contributed by atoms with van der Waals surface area (Å²) < 4.78 is 4.83. The molecule has 0 N–H and O–H groups in total. The second kappa shape index (κ2) is 9.52. The van der Waals surface area contributed by atoms with E-state index in [4.69, 9.17) is 4.74 Å². The summed E-state index contributed by atoms with van der Waals surface area (Å²) >= 11 is 0. The van der Waals surface area contributed by atoms with Crippen molar-refractivity contribution in [3.63, 3.8) is 0 Å². The molecule has 2 heteroatoms. The number of hydrogen-bond donors (Lipinski definition) is 0. The number of hydrogen-bond acceptors (Lipinski definition) is 1. The molecule has 0 atom stereocenters. The van der Waals surface area contributed by atoms with Crippen molar-refractivity contribution in [1.29, 1.82) is 0 Å². The summed E-state index contributed by atoms with van der Waals surface area (Å²) in [6.45, 7) is 5.67. The molecule has 0 saturated carbocycles. The monoisotopic (exact) mass is 114 g/mol. The molecule has 1 nitrogen and oxygen atoms in total. The van der Waals surface area contributed by atoms with Crippen LogP contribution in [0.1, 0.15) is 13.8 Å². The normalized spacial score (nSPS) is 7.00. The Balaban J connectivity index is 0. The number of ether oxygens (including phenoxy) is 1. The van der Waals surface area contributed by atoms with E-state index in [0.717, 1.165) is 13.2 Å². The van der Waals surface area contributed by atoms with E-state index in [2.05, 4.69) is 0 Å². The van der Waals surface area contributed by atoms with E-state index in [1.54, 1.807) is 0 Å². The van der Waals surface area contributed by atoms with Gasteiger partial charge in [-0.25, -0.2) is 0 Å². The van der Waals surface area contributed by atoms with Gasteiger partial charge >= 0.3 is 0 Å². The Morgan fingerprint density at radius 3 is 1.50 bits per heavy atom. The standard InChI is InChI=1S/C4H10O.Ar/c1-3-5-4-2;/h3-4H2,1-2H3;. The maximum atomic E-state index is 4.83. The predicted octanol–water partition coefficient (Wildman–Crippen LogP) is 1.04. The summed E-state index contributed by atoms with van der Waals surface area (Å²) in [5.74, 6) is 0. The van der Waals surface area contributed by atoms with E-state index in [9.17, 15) is 0 Å². The van der Waals surface area contributed by atoms with Crippen LogP contribution < -0.4 is 0 Å². The molecular weight excluding hydrogens is 104 g/mol. The molecule has 0 saturated heterocycles. The van der Waals surface area contributed by atoms with E-state index in [1.807, 2.05) is 13.8 Å². The van der Waals surface area contributed by atoms with Crippen molar-refractivity contribution in [3.05, 3.63) is 0 Å². The first-order valence-electron chi connectivity index (χ1n) is 1.99.